The fourth-order valence-corrected chi connectivity index (χ4v) is 2.66. The number of fused-ring (bicyclic) bond motifs is 2. The zero-order valence-corrected chi connectivity index (χ0v) is 8.75. The zero-order chi connectivity index (χ0) is 10.1. The van der Waals surface area contributed by atoms with Crippen molar-refractivity contribution in [1.29, 1.82) is 0 Å². The van der Waals surface area contributed by atoms with Gasteiger partial charge in [-0.05, 0) is 50.2 Å². The maximum absolute atomic E-state index is 5.80. The summed E-state index contributed by atoms with van der Waals surface area (Å²) < 4.78 is 5.80. The van der Waals surface area contributed by atoms with Gasteiger partial charge in [-0.25, -0.2) is 0 Å². The Labute approximate surface area is 90.0 Å². The van der Waals surface area contributed by atoms with E-state index in [4.69, 9.17) is 4.74 Å². The Balaban J connectivity index is 1.99. The van der Waals surface area contributed by atoms with E-state index in [-0.39, 0.29) is 5.41 Å². The molecule has 0 atom stereocenters. The summed E-state index contributed by atoms with van der Waals surface area (Å²) in [6, 6.07) is 0. The Hall–Kier alpha value is -1.24. The number of hydrogen-bond donors (Lipinski definition) is 1. The van der Waals surface area contributed by atoms with E-state index in [2.05, 4.69) is 17.1 Å². The average Bonchev–Trinajstić information content (AvgIpc) is 2.51. The normalized spacial score (nSPS) is 26.7. The zero-order valence-electron chi connectivity index (χ0n) is 8.75. The molecule has 2 aliphatic heterocycles. The second-order valence-corrected chi connectivity index (χ2v) is 4.43. The number of rotatable bonds is 0. The molecule has 0 unspecified atom stereocenters. The number of allylic oxidation sites excluding steroid dienone is 4. The van der Waals surface area contributed by atoms with E-state index < -0.39 is 0 Å². The molecule has 0 amide bonds. The minimum absolute atomic E-state index is 0.271. The predicted octanol–water partition coefficient (Wildman–Crippen LogP) is 1.92. The van der Waals surface area contributed by atoms with Crippen LogP contribution in [0.4, 0.5) is 0 Å². The smallest absolute Gasteiger partial charge is 0.123 e. The summed E-state index contributed by atoms with van der Waals surface area (Å²) in [5.74, 6) is 1.05. The van der Waals surface area contributed by atoms with Crippen LogP contribution in [0.3, 0.4) is 0 Å². The molecular formula is C13H15NO. The molecule has 0 aromatic rings. The van der Waals surface area contributed by atoms with Crippen molar-refractivity contribution in [3.63, 3.8) is 0 Å². The monoisotopic (exact) mass is 201 g/mol. The lowest BCUT2D eigenvalue weighted by Crippen LogP contribution is -2.38. The Bertz CT molecular complexity index is 391. The quantitative estimate of drug-likeness (QED) is 0.605. The van der Waals surface area contributed by atoms with Crippen molar-refractivity contribution >= 4 is 0 Å². The molecule has 2 heteroatoms. The third-order valence-corrected chi connectivity index (χ3v) is 3.58. The predicted molar refractivity (Wildman–Crippen MR) is 59.3 cm³/mol. The third kappa shape index (κ3) is 1.38. The first kappa shape index (κ1) is 9.02. The minimum Gasteiger partial charge on any atom is -0.492 e. The van der Waals surface area contributed by atoms with Crippen molar-refractivity contribution in [3.05, 3.63) is 41.4 Å². The highest BCUT2D eigenvalue weighted by atomic mass is 16.5. The van der Waals surface area contributed by atoms with Crippen LogP contribution in [0.2, 0.25) is 0 Å². The van der Waals surface area contributed by atoms with Crippen molar-refractivity contribution in [2.24, 2.45) is 5.41 Å². The first-order valence-electron chi connectivity index (χ1n) is 5.58. The van der Waals surface area contributed by atoms with Gasteiger partial charge in [-0.1, -0.05) is 0 Å². The van der Waals surface area contributed by atoms with Gasteiger partial charge in [0.05, 0.1) is 6.61 Å². The molecule has 0 saturated carbocycles. The Morgan fingerprint density at radius 3 is 2.87 bits per heavy atom. The third-order valence-electron chi connectivity index (χ3n) is 3.58. The van der Waals surface area contributed by atoms with Gasteiger partial charge in [0.2, 0.25) is 0 Å². The van der Waals surface area contributed by atoms with Crippen LogP contribution >= 0.6 is 0 Å². The van der Waals surface area contributed by atoms with Crippen LogP contribution in [0.1, 0.15) is 12.8 Å². The standard InChI is InChI=1S/C13H15NO/c1-2-4-11-12(5-3-1)15-10-13(11)6-8-14-9-7-13/h2-5,14H,6-10H2. The van der Waals surface area contributed by atoms with Crippen LogP contribution in [-0.2, 0) is 4.74 Å². The van der Waals surface area contributed by atoms with Crippen molar-refractivity contribution in [2.75, 3.05) is 19.7 Å². The molecule has 1 N–H and O–H groups in total. The summed E-state index contributed by atoms with van der Waals surface area (Å²) in [5.41, 5.74) is 4.75. The molecule has 0 aromatic carbocycles. The summed E-state index contributed by atoms with van der Waals surface area (Å²) in [6.45, 7) is 3.06. The minimum atomic E-state index is 0.271. The van der Waals surface area contributed by atoms with Crippen LogP contribution < -0.4 is 5.32 Å². The molecular weight excluding hydrogens is 186 g/mol. The Morgan fingerprint density at radius 2 is 2.00 bits per heavy atom. The van der Waals surface area contributed by atoms with Gasteiger partial charge in [-0.3, -0.25) is 0 Å². The Kier molecular flexibility index (Phi) is 2.05. The van der Waals surface area contributed by atoms with Crippen molar-refractivity contribution in [1.82, 2.24) is 5.32 Å². The molecule has 2 fully saturated rings. The summed E-state index contributed by atoms with van der Waals surface area (Å²) in [7, 11) is 0. The second-order valence-electron chi connectivity index (χ2n) is 4.43. The summed E-state index contributed by atoms with van der Waals surface area (Å²) in [4.78, 5) is 0. The number of piperidine rings is 1. The van der Waals surface area contributed by atoms with E-state index in [9.17, 15) is 0 Å². The van der Waals surface area contributed by atoms with Gasteiger partial charge in [0.15, 0.2) is 0 Å². The van der Waals surface area contributed by atoms with Gasteiger partial charge in [-0.15, -0.1) is 5.73 Å². The van der Waals surface area contributed by atoms with Crippen LogP contribution in [0.5, 0.6) is 0 Å². The summed E-state index contributed by atoms with van der Waals surface area (Å²) in [5, 5.41) is 3.41. The van der Waals surface area contributed by atoms with Crippen LogP contribution in [0.25, 0.3) is 0 Å². The molecule has 2 nitrogen and oxygen atoms in total. The van der Waals surface area contributed by atoms with Gasteiger partial charge < -0.3 is 10.1 Å². The molecule has 2 heterocycles. The van der Waals surface area contributed by atoms with E-state index in [0.717, 1.165) is 25.5 Å². The van der Waals surface area contributed by atoms with Crippen LogP contribution in [0, 0.1) is 5.41 Å². The highest BCUT2D eigenvalue weighted by molar-refractivity contribution is 5.42. The van der Waals surface area contributed by atoms with Crippen molar-refractivity contribution < 1.29 is 4.74 Å². The van der Waals surface area contributed by atoms with E-state index >= 15 is 0 Å². The van der Waals surface area contributed by atoms with Gasteiger partial charge >= 0.3 is 0 Å². The molecule has 1 aliphatic carbocycles. The number of hydrogen-bond acceptors (Lipinski definition) is 2. The fourth-order valence-electron chi connectivity index (χ4n) is 2.66. The molecule has 0 radical (unpaired) electrons. The van der Waals surface area contributed by atoms with Gasteiger partial charge in [-0.2, -0.15) is 0 Å². The first-order chi connectivity index (χ1) is 7.41. The molecule has 0 aromatic heterocycles. The molecule has 78 valence electrons. The maximum atomic E-state index is 5.80. The average molecular weight is 201 g/mol. The molecule has 3 aliphatic rings. The van der Waals surface area contributed by atoms with E-state index in [1.807, 2.05) is 18.2 Å². The van der Waals surface area contributed by atoms with Crippen LogP contribution in [0.15, 0.2) is 41.4 Å². The fraction of sp³-hybridized carbons (Fsp3) is 0.462. The SMILES string of the molecule is C1=CC=C2OCC3(CCNCC3)C2=CC=1. The van der Waals surface area contributed by atoms with E-state index in [1.165, 1.54) is 18.4 Å². The number of ether oxygens (including phenoxy) is 1. The van der Waals surface area contributed by atoms with Gasteiger partial charge in [0.25, 0.3) is 0 Å². The lowest BCUT2D eigenvalue weighted by Gasteiger charge is -2.32. The van der Waals surface area contributed by atoms with Gasteiger partial charge in [0, 0.05) is 11.0 Å². The lowest BCUT2D eigenvalue weighted by molar-refractivity contribution is 0.156. The highest BCUT2D eigenvalue weighted by Crippen LogP contribution is 2.47. The maximum Gasteiger partial charge on any atom is 0.123 e. The molecule has 15 heavy (non-hydrogen) atoms. The molecule has 0 bridgehead atoms. The topological polar surface area (TPSA) is 21.3 Å². The molecule has 1 spiro atoms. The molecule has 3 rings (SSSR count). The summed E-state index contributed by atoms with van der Waals surface area (Å²) >= 11 is 0. The lowest BCUT2D eigenvalue weighted by atomic mass is 9.74. The summed E-state index contributed by atoms with van der Waals surface area (Å²) in [6.07, 6.45) is 10.5. The van der Waals surface area contributed by atoms with Crippen molar-refractivity contribution in [2.45, 2.75) is 12.8 Å². The van der Waals surface area contributed by atoms with Crippen LogP contribution in [-0.4, -0.2) is 19.7 Å². The van der Waals surface area contributed by atoms with Gasteiger partial charge in [0.1, 0.15) is 5.76 Å². The van der Waals surface area contributed by atoms with E-state index in [0.29, 0.717) is 0 Å². The molecule has 2 saturated heterocycles. The number of nitrogens with one attached hydrogen (secondary N) is 1. The second kappa shape index (κ2) is 3.41. The van der Waals surface area contributed by atoms with Crippen molar-refractivity contribution in [3.8, 4) is 0 Å². The Morgan fingerprint density at radius 1 is 1.20 bits per heavy atom. The highest BCUT2D eigenvalue weighted by Gasteiger charge is 2.43. The van der Waals surface area contributed by atoms with E-state index in [1.54, 1.807) is 0 Å². The largest absolute Gasteiger partial charge is 0.492 e. The first-order valence-corrected chi connectivity index (χ1v) is 5.58.